The van der Waals surface area contributed by atoms with Gasteiger partial charge in [0.05, 0.1) is 36.4 Å². The summed E-state index contributed by atoms with van der Waals surface area (Å²) in [5.41, 5.74) is -0.0795. The van der Waals surface area contributed by atoms with Crippen LogP contribution in [0.4, 0.5) is 26.3 Å². The molecule has 3 nitrogen and oxygen atoms in total. The molecule has 1 aliphatic carbocycles. The molecule has 0 aromatic heterocycles. The molecule has 34 heavy (non-hydrogen) atoms. The molecule has 1 aliphatic rings. The molecule has 9 heteroatoms. The first-order valence-corrected chi connectivity index (χ1v) is 11.1. The average molecular weight is 488 g/mol. The summed E-state index contributed by atoms with van der Waals surface area (Å²) in [7, 11) is 0. The van der Waals surface area contributed by atoms with Crippen molar-refractivity contribution in [3.63, 3.8) is 0 Å². The summed E-state index contributed by atoms with van der Waals surface area (Å²) in [6.07, 6.45) is -7.58. The fourth-order valence-electron chi connectivity index (χ4n) is 4.14. The first-order valence-electron chi connectivity index (χ1n) is 11.1. The van der Waals surface area contributed by atoms with Crippen LogP contribution in [0.5, 0.6) is 0 Å². The average Bonchev–Trinajstić information content (AvgIpc) is 2.76. The molecule has 2 unspecified atom stereocenters. The van der Waals surface area contributed by atoms with Crippen molar-refractivity contribution in [3.05, 3.63) is 69.8 Å². The second kappa shape index (κ2) is 10.4. The highest BCUT2D eigenvalue weighted by Crippen LogP contribution is 2.38. The Morgan fingerprint density at radius 2 is 1.65 bits per heavy atom. The third-order valence-corrected chi connectivity index (χ3v) is 5.80. The third-order valence-electron chi connectivity index (χ3n) is 5.80. The Bertz CT molecular complexity index is 980. The molecule has 3 rings (SSSR count). The van der Waals surface area contributed by atoms with E-state index in [1.165, 1.54) is 0 Å². The number of alkyl halides is 6. The maximum atomic E-state index is 13.1. The zero-order chi connectivity index (χ0) is 25.1. The van der Waals surface area contributed by atoms with E-state index in [1.54, 1.807) is 13.8 Å². The van der Waals surface area contributed by atoms with Crippen LogP contribution in [-0.4, -0.2) is 12.6 Å². The number of esters is 1. The van der Waals surface area contributed by atoms with Crippen LogP contribution in [0.25, 0.3) is 0 Å². The van der Waals surface area contributed by atoms with E-state index in [0.29, 0.717) is 31.6 Å². The van der Waals surface area contributed by atoms with E-state index in [2.05, 4.69) is 0 Å². The van der Waals surface area contributed by atoms with E-state index in [4.69, 9.17) is 9.47 Å². The molecule has 0 radical (unpaired) electrons. The first kappa shape index (κ1) is 26.1. The minimum absolute atomic E-state index is 0.109. The third kappa shape index (κ3) is 6.52. The topological polar surface area (TPSA) is 35.5 Å². The number of carbonyl (C=O) groups is 1. The van der Waals surface area contributed by atoms with E-state index in [1.807, 2.05) is 18.2 Å². The predicted octanol–water partition coefficient (Wildman–Crippen LogP) is 7.06. The molecule has 0 saturated carbocycles. The number of benzene rings is 2. The van der Waals surface area contributed by atoms with Crippen LogP contribution in [0.3, 0.4) is 0 Å². The molecule has 186 valence electrons. The zero-order valence-electron chi connectivity index (χ0n) is 18.9. The highest BCUT2D eigenvalue weighted by Gasteiger charge is 2.37. The Balaban J connectivity index is 1.76. The van der Waals surface area contributed by atoms with Gasteiger partial charge in [-0.3, -0.25) is 4.79 Å². The van der Waals surface area contributed by atoms with Gasteiger partial charge in [-0.15, -0.1) is 0 Å². The maximum Gasteiger partial charge on any atom is 0.416 e. The predicted molar refractivity (Wildman–Crippen MR) is 113 cm³/mol. The SMILES string of the molecule is CCOC(=O)C(C)Cc1ccc2c(c1)CCCC2OCc1cc(C(F)(F)F)cc(C(F)(F)F)c1. The van der Waals surface area contributed by atoms with Crippen molar-refractivity contribution in [3.8, 4) is 0 Å². The second-order valence-electron chi connectivity index (χ2n) is 8.50. The molecule has 0 bridgehead atoms. The highest BCUT2D eigenvalue weighted by molar-refractivity contribution is 5.72. The van der Waals surface area contributed by atoms with E-state index in [0.717, 1.165) is 29.5 Å². The maximum absolute atomic E-state index is 13.1. The molecule has 0 spiro atoms. The van der Waals surface area contributed by atoms with Crippen molar-refractivity contribution in [2.45, 2.75) is 64.6 Å². The number of aryl methyl sites for hydroxylation is 1. The molecule has 0 saturated heterocycles. The summed E-state index contributed by atoms with van der Waals surface area (Å²) in [5, 5.41) is 0. The lowest BCUT2D eigenvalue weighted by Crippen LogP contribution is -2.18. The summed E-state index contributed by atoms with van der Waals surface area (Å²) in [5.74, 6) is -0.585. The van der Waals surface area contributed by atoms with Gasteiger partial charge in [0.2, 0.25) is 0 Å². The van der Waals surface area contributed by atoms with Crippen LogP contribution >= 0.6 is 0 Å². The number of rotatable bonds is 7. The van der Waals surface area contributed by atoms with Crippen molar-refractivity contribution >= 4 is 5.97 Å². The van der Waals surface area contributed by atoms with Crippen molar-refractivity contribution in [2.75, 3.05) is 6.61 Å². The largest absolute Gasteiger partial charge is 0.466 e. The van der Waals surface area contributed by atoms with Crippen molar-refractivity contribution in [2.24, 2.45) is 5.92 Å². The first-order chi connectivity index (χ1) is 15.9. The molecule has 2 atom stereocenters. The Hall–Kier alpha value is -2.55. The van der Waals surface area contributed by atoms with Gasteiger partial charge in [0.1, 0.15) is 0 Å². The van der Waals surface area contributed by atoms with Gasteiger partial charge in [-0.25, -0.2) is 0 Å². The summed E-state index contributed by atoms with van der Waals surface area (Å²) in [6.45, 7) is 3.46. The van der Waals surface area contributed by atoms with Crippen LogP contribution in [0, 0.1) is 5.92 Å². The van der Waals surface area contributed by atoms with Gasteiger partial charge in [0.15, 0.2) is 0 Å². The van der Waals surface area contributed by atoms with Crippen LogP contribution in [-0.2, 0) is 46.1 Å². The van der Waals surface area contributed by atoms with Crippen LogP contribution in [0.2, 0.25) is 0 Å². The fourth-order valence-corrected chi connectivity index (χ4v) is 4.14. The van der Waals surface area contributed by atoms with E-state index >= 15 is 0 Å². The molecule has 0 N–H and O–H groups in total. The Morgan fingerprint density at radius 3 is 2.24 bits per heavy atom. The van der Waals surface area contributed by atoms with Gasteiger partial charge in [-0.05, 0) is 73.1 Å². The number of halogens is 6. The number of ether oxygens (including phenoxy) is 2. The summed E-state index contributed by atoms with van der Waals surface area (Å²) < 4.78 is 89.5. The Morgan fingerprint density at radius 1 is 1.00 bits per heavy atom. The Kier molecular flexibility index (Phi) is 7.95. The van der Waals surface area contributed by atoms with Gasteiger partial charge in [-0.2, -0.15) is 26.3 Å². The van der Waals surface area contributed by atoms with Crippen molar-refractivity contribution < 1.29 is 40.6 Å². The van der Waals surface area contributed by atoms with Gasteiger partial charge >= 0.3 is 18.3 Å². The van der Waals surface area contributed by atoms with Crippen LogP contribution in [0.15, 0.2) is 36.4 Å². The molecule has 0 amide bonds. The summed E-state index contributed by atoms with van der Waals surface area (Å²) >= 11 is 0. The zero-order valence-corrected chi connectivity index (χ0v) is 18.9. The molecule has 0 aliphatic heterocycles. The minimum atomic E-state index is -4.90. The van der Waals surface area contributed by atoms with Crippen molar-refractivity contribution in [1.29, 1.82) is 0 Å². The second-order valence-corrected chi connectivity index (χ2v) is 8.50. The normalized spacial score (nSPS) is 17.2. The van der Waals surface area contributed by atoms with Crippen LogP contribution in [0.1, 0.15) is 66.2 Å². The number of hydrogen-bond acceptors (Lipinski definition) is 3. The standard InChI is InChI=1S/C25H26F6O3/c1-3-33-23(32)15(2)9-16-7-8-21-18(10-16)5-4-6-22(21)34-14-17-11-19(24(26,27)28)13-20(12-17)25(29,30)31/h7-8,10-13,15,22H,3-6,9,14H2,1-2H3. The monoisotopic (exact) mass is 488 g/mol. The molecule has 2 aromatic carbocycles. The number of carbonyl (C=O) groups excluding carboxylic acids is 1. The van der Waals surface area contributed by atoms with E-state index < -0.39 is 29.6 Å². The van der Waals surface area contributed by atoms with E-state index in [9.17, 15) is 31.1 Å². The van der Waals surface area contributed by atoms with Gasteiger partial charge < -0.3 is 9.47 Å². The molecular formula is C25H26F6O3. The summed E-state index contributed by atoms with van der Waals surface area (Å²) in [4.78, 5) is 11.9. The Labute approximate surface area is 194 Å². The fraction of sp³-hybridized carbons (Fsp3) is 0.480. The lowest BCUT2D eigenvalue weighted by Gasteiger charge is -2.27. The molecular weight excluding hydrogens is 462 g/mol. The number of fused-ring (bicyclic) bond motifs is 1. The van der Waals surface area contributed by atoms with Gasteiger partial charge in [0.25, 0.3) is 0 Å². The highest BCUT2D eigenvalue weighted by atomic mass is 19.4. The smallest absolute Gasteiger partial charge is 0.416 e. The van der Waals surface area contributed by atoms with Crippen LogP contribution < -0.4 is 0 Å². The van der Waals surface area contributed by atoms with Crippen molar-refractivity contribution in [1.82, 2.24) is 0 Å². The summed E-state index contributed by atoms with van der Waals surface area (Å²) in [6, 6.07) is 7.20. The molecule has 0 heterocycles. The number of hydrogen-bond donors (Lipinski definition) is 0. The minimum Gasteiger partial charge on any atom is -0.466 e. The molecule has 0 fully saturated rings. The lowest BCUT2D eigenvalue weighted by molar-refractivity contribution is -0.147. The quantitative estimate of drug-likeness (QED) is 0.309. The van der Waals surface area contributed by atoms with Gasteiger partial charge in [-0.1, -0.05) is 25.1 Å². The van der Waals surface area contributed by atoms with Gasteiger partial charge in [0, 0.05) is 0 Å². The lowest BCUT2D eigenvalue weighted by atomic mass is 9.86. The van der Waals surface area contributed by atoms with E-state index in [-0.39, 0.29) is 30.1 Å². The molecule has 2 aromatic rings.